The number of hydrogen-bond acceptors (Lipinski definition) is 3. The zero-order valence-corrected chi connectivity index (χ0v) is 17.2. The molecule has 0 spiro atoms. The van der Waals surface area contributed by atoms with Crippen LogP contribution >= 0.6 is 22.9 Å². The van der Waals surface area contributed by atoms with Gasteiger partial charge in [-0.25, -0.2) is 4.39 Å². The highest BCUT2D eigenvalue weighted by atomic mass is 35.5. The highest BCUT2D eigenvalue weighted by Crippen LogP contribution is 2.22. The van der Waals surface area contributed by atoms with Gasteiger partial charge in [-0.05, 0) is 41.3 Å². The fourth-order valence-corrected chi connectivity index (χ4v) is 3.98. The molecule has 5 nitrogen and oxygen atoms in total. The summed E-state index contributed by atoms with van der Waals surface area (Å²) in [4.78, 5) is 29.3. The van der Waals surface area contributed by atoms with Gasteiger partial charge in [0.15, 0.2) is 0 Å². The average Bonchev–Trinajstić information content (AvgIpc) is 3.41. The van der Waals surface area contributed by atoms with Crippen LogP contribution in [0.2, 0.25) is 5.02 Å². The number of carbonyl (C=O) groups excluding carboxylic acids is 2. The average molecular weight is 442 g/mol. The summed E-state index contributed by atoms with van der Waals surface area (Å²) in [5.41, 5.74) is 2.19. The third-order valence-electron chi connectivity index (χ3n) is 4.65. The molecule has 152 valence electrons. The summed E-state index contributed by atoms with van der Waals surface area (Å²) in [7, 11) is 0. The number of thiophene rings is 1. The summed E-state index contributed by atoms with van der Waals surface area (Å²) in [5.74, 6) is -1.33. The summed E-state index contributed by atoms with van der Waals surface area (Å²) < 4.78 is 13.4. The van der Waals surface area contributed by atoms with Gasteiger partial charge in [0.2, 0.25) is 5.91 Å². The molecule has 2 amide bonds. The van der Waals surface area contributed by atoms with Gasteiger partial charge in [-0.2, -0.15) is 0 Å². The van der Waals surface area contributed by atoms with Crippen molar-refractivity contribution in [2.45, 2.75) is 12.5 Å². The molecule has 0 saturated heterocycles. The zero-order chi connectivity index (χ0) is 21.1. The predicted octanol–water partition coefficient (Wildman–Crippen LogP) is 5.00. The Morgan fingerprint density at radius 2 is 1.97 bits per heavy atom. The lowest BCUT2D eigenvalue weighted by Crippen LogP contribution is -2.45. The molecule has 2 aromatic carbocycles. The van der Waals surface area contributed by atoms with Crippen molar-refractivity contribution < 1.29 is 14.0 Å². The largest absolute Gasteiger partial charge is 0.361 e. The van der Waals surface area contributed by atoms with Crippen LogP contribution in [-0.4, -0.2) is 22.8 Å². The lowest BCUT2D eigenvalue weighted by atomic mass is 10.0. The summed E-state index contributed by atoms with van der Waals surface area (Å²) in [5, 5.41) is 8.20. The van der Waals surface area contributed by atoms with Crippen molar-refractivity contribution >= 4 is 51.3 Å². The first-order valence-corrected chi connectivity index (χ1v) is 10.4. The molecule has 30 heavy (non-hydrogen) atoms. The Bertz CT molecular complexity index is 1210. The number of carbonyl (C=O) groups is 2. The van der Waals surface area contributed by atoms with Crippen LogP contribution in [0.1, 0.15) is 15.2 Å². The van der Waals surface area contributed by atoms with E-state index in [1.807, 2.05) is 30.5 Å². The van der Waals surface area contributed by atoms with Crippen molar-refractivity contribution in [3.63, 3.8) is 0 Å². The quantitative estimate of drug-likeness (QED) is 0.394. The lowest BCUT2D eigenvalue weighted by molar-refractivity contribution is -0.118. The monoisotopic (exact) mass is 441 g/mol. The predicted molar refractivity (Wildman–Crippen MR) is 118 cm³/mol. The van der Waals surface area contributed by atoms with Gasteiger partial charge in [-0.3, -0.25) is 9.59 Å². The maximum Gasteiger partial charge on any atom is 0.262 e. The molecule has 0 aliphatic rings. The van der Waals surface area contributed by atoms with Crippen molar-refractivity contribution in [1.82, 2.24) is 10.3 Å². The molecule has 0 aliphatic carbocycles. The van der Waals surface area contributed by atoms with Crippen LogP contribution in [0.25, 0.3) is 10.9 Å². The second-order valence-electron chi connectivity index (χ2n) is 6.69. The fourth-order valence-electron chi connectivity index (χ4n) is 3.17. The van der Waals surface area contributed by atoms with E-state index in [1.54, 1.807) is 17.5 Å². The van der Waals surface area contributed by atoms with E-state index in [1.165, 1.54) is 29.5 Å². The molecule has 1 unspecified atom stereocenters. The number of anilines is 1. The van der Waals surface area contributed by atoms with Crippen LogP contribution in [0.4, 0.5) is 10.1 Å². The van der Waals surface area contributed by atoms with Gasteiger partial charge in [0.25, 0.3) is 5.91 Å². The Kier molecular flexibility index (Phi) is 5.83. The van der Waals surface area contributed by atoms with Gasteiger partial charge in [0.05, 0.1) is 9.90 Å². The van der Waals surface area contributed by atoms with Gasteiger partial charge in [0, 0.05) is 29.2 Å². The van der Waals surface area contributed by atoms with Crippen molar-refractivity contribution in [1.29, 1.82) is 0 Å². The van der Waals surface area contributed by atoms with E-state index in [0.29, 0.717) is 10.6 Å². The molecule has 0 aliphatic heterocycles. The summed E-state index contributed by atoms with van der Waals surface area (Å²) >= 11 is 7.10. The van der Waals surface area contributed by atoms with Gasteiger partial charge in [0.1, 0.15) is 11.9 Å². The van der Waals surface area contributed by atoms with Crippen LogP contribution in [0.15, 0.2) is 66.2 Å². The molecule has 4 rings (SSSR count). The maximum absolute atomic E-state index is 13.4. The van der Waals surface area contributed by atoms with E-state index in [4.69, 9.17) is 11.6 Å². The summed E-state index contributed by atoms with van der Waals surface area (Å²) in [6, 6.07) is 14.3. The molecule has 8 heteroatoms. The zero-order valence-electron chi connectivity index (χ0n) is 15.6. The first kappa shape index (κ1) is 20.1. The second-order valence-corrected chi connectivity index (χ2v) is 8.04. The van der Waals surface area contributed by atoms with Crippen LogP contribution < -0.4 is 10.6 Å². The van der Waals surface area contributed by atoms with Crippen LogP contribution in [-0.2, 0) is 11.2 Å². The smallest absolute Gasteiger partial charge is 0.262 e. The SMILES string of the molecule is O=C(NC(Cc1c[nH]c2ccccc12)C(=O)Nc1ccc(F)c(Cl)c1)c1cccs1. The molecule has 0 bridgehead atoms. The first-order chi connectivity index (χ1) is 14.5. The van der Waals surface area contributed by atoms with Crippen molar-refractivity contribution in [3.8, 4) is 0 Å². The minimum Gasteiger partial charge on any atom is -0.361 e. The van der Waals surface area contributed by atoms with E-state index in [2.05, 4.69) is 15.6 Å². The molecule has 4 aromatic rings. The molecule has 0 saturated carbocycles. The van der Waals surface area contributed by atoms with E-state index in [9.17, 15) is 14.0 Å². The van der Waals surface area contributed by atoms with Crippen LogP contribution in [0, 0.1) is 5.82 Å². The fraction of sp³-hybridized carbons (Fsp3) is 0.0909. The number of rotatable bonds is 6. The molecule has 0 radical (unpaired) electrons. The molecule has 1 atom stereocenters. The molecule has 3 N–H and O–H groups in total. The molecular formula is C22H17ClFN3O2S. The highest BCUT2D eigenvalue weighted by Gasteiger charge is 2.24. The summed E-state index contributed by atoms with van der Waals surface area (Å²) in [6.45, 7) is 0. The van der Waals surface area contributed by atoms with Gasteiger partial charge in [-0.15, -0.1) is 11.3 Å². The van der Waals surface area contributed by atoms with Crippen molar-refractivity contribution in [2.24, 2.45) is 0 Å². The number of H-pyrrole nitrogens is 1. The Balaban J connectivity index is 1.59. The number of para-hydroxylation sites is 1. The number of amides is 2. The third kappa shape index (κ3) is 4.37. The van der Waals surface area contributed by atoms with E-state index in [-0.39, 0.29) is 17.4 Å². The van der Waals surface area contributed by atoms with Crippen molar-refractivity contribution in [3.05, 3.63) is 87.5 Å². The number of nitrogens with one attached hydrogen (secondary N) is 3. The maximum atomic E-state index is 13.4. The number of benzene rings is 2. The number of aromatic amines is 1. The number of aromatic nitrogens is 1. The third-order valence-corrected chi connectivity index (χ3v) is 5.81. The molecule has 0 fully saturated rings. The van der Waals surface area contributed by atoms with E-state index < -0.39 is 17.8 Å². The standard InChI is InChI=1S/C22H17ClFN3O2S/c23-16-11-14(7-8-17(16)24)26-21(28)19(27-22(29)20-6-3-9-30-20)10-13-12-25-18-5-2-1-4-15(13)18/h1-9,11-12,19,25H,10H2,(H,26,28)(H,27,29). The topological polar surface area (TPSA) is 74.0 Å². The first-order valence-electron chi connectivity index (χ1n) is 9.16. The van der Waals surface area contributed by atoms with E-state index in [0.717, 1.165) is 16.5 Å². The lowest BCUT2D eigenvalue weighted by Gasteiger charge is -2.18. The number of halogens is 2. The Morgan fingerprint density at radius 1 is 1.13 bits per heavy atom. The van der Waals surface area contributed by atoms with Gasteiger partial charge >= 0.3 is 0 Å². The Hall–Kier alpha value is -3.16. The Morgan fingerprint density at radius 3 is 2.73 bits per heavy atom. The summed E-state index contributed by atoms with van der Waals surface area (Å²) in [6.07, 6.45) is 2.11. The minimum atomic E-state index is -0.845. The Labute approximate surface area is 180 Å². The molecule has 2 aromatic heterocycles. The number of fused-ring (bicyclic) bond motifs is 1. The van der Waals surface area contributed by atoms with E-state index >= 15 is 0 Å². The minimum absolute atomic E-state index is 0.0939. The normalized spacial score (nSPS) is 11.9. The number of hydrogen-bond donors (Lipinski definition) is 3. The van der Waals surface area contributed by atoms with Crippen molar-refractivity contribution in [2.75, 3.05) is 5.32 Å². The second kappa shape index (κ2) is 8.69. The van der Waals surface area contributed by atoms with Gasteiger partial charge in [-0.1, -0.05) is 35.9 Å². The highest BCUT2D eigenvalue weighted by molar-refractivity contribution is 7.12. The van der Waals surface area contributed by atoms with Crippen LogP contribution in [0.3, 0.4) is 0 Å². The molecule has 2 heterocycles. The molecular weight excluding hydrogens is 425 g/mol. The van der Waals surface area contributed by atoms with Gasteiger partial charge < -0.3 is 15.6 Å². The van der Waals surface area contributed by atoms with Crippen LogP contribution in [0.5, 0.6) is 0 Å².